The Morgan fingerprint density at radius 1 is 1.26 bits per heavy atom. The Bertz CT molecular complexity index is 593. The van der Waals surface area contributed by atoms with Gasteiger partial charge in [0.15, 0.2) is 0 Å². The van der Waals surface area contributed by atoms with Crippen LogP contribution in [0.3, 0.4) is 0 Å². The molecule has 19 heavy (non-hydrogen) atoms. The summed E-state index contributed by atoms with van der Waals surface area (Å²) < 4.78 is 1.82. The van der Waals surface area contributed by atoms with E-state index in [-0.39, 0.29) is 0 Å². The molecular weight excluding hydrogens is 283 g/mol. The predicted octanol–water partition coefficient (Wildman–Crippen LogP) is 3.68. The van der Waals surface area contributed by atoms with Crippen molar-refractivity contribution in [2.24, 2.45) is 0 Å². The molecule has 6 heteroatoms. The second-order valence-corrected chi connectivity index (χ2v) is 5.08. The largest absolute Gasteiger partial charge is 0.370 e. The first-order chi connectivity index (χ1) is 9.02. The van der Waals surface area contributed by atoms with Gasteiger partial charge in [0, 0.05) is 6.54 Å². The Labute approximate surface area is 122 Å². The zero-order valence-electron chi connectivity index (χ0n) is 11.2. The van der Waals surface area contributed by atoms with Crippen LogP contribution in [-0.4, -0.2) is 21.3 Å². The fourth-order valence-corrected chi connectivity index (χ4v) is 2.15. The van der Waals surface area contributed by atoms with Gasteiger partial charge in [0.2, 0.25) is 0 Å². The molecule has 0 aliphatic heterocycles. The van der Waals surface area contributed by atoms with E-state index in [9.17, 15) is 0 Å². The van der Waals surface area contributed by atoms with Gasteiger partial charge in [0.25, 0.3) is 0 Å². The molecule has 0 fully saturated rings. The van der Waals surface area contributed by atoms with Gasteiger partial charge in [-0.3, -0.25) is 4.68 Å². The Balaban J connectivity index is 2.31. The number of hydrogen-bond acceptors (Lipinski definition) is 3. The summed E-state index contributed by atoms with van der Waals surface area (Å²) in [7, 11) is 0. The second kappa shape index (κ2) is 5.80. The summed E-state index contributed by atoms with van der Waals surface area (Å²) in [6.07, 6.45) is 0. The first kappa shape index (κ1) is 14.2. The van der Waals surface area contributed by atoms with Crippen molar-refractivity contribution in [3.63, 3.8) is 0 Å². The van der Waals surface area contributed by atoms with E-state index < -0.39 is 0 Å². The van der Waals surface area contributed by atoms with E-state index in [1.165, 1.54) is 0 Å². The molecule has 2 rings (SSSR count). The van der Waals surface area contributed by atoms with Crippen LogP contribution in [0.5, 0.6) is 0 Å². The minimum atomic E-state index is 0.511. The zero-order chi connectivity index (χ0) is 14.0. The van der Waals surface area contributed by atoms with Crippen LogP contribution in [0.15, 0.2) is 12.1 Å². The average Bonchev–Trinajstić information content (AvgIpc) is 2.62. The Morgan fingerprint density at radius 3 is 2.58 bits per heavy atom. The fraction of sp³-hybridized carbons (Fsp3) is 0.385. The van der Waals surface area contributed by atoms with Gasteiger partial charge in [0.05, 0.1) is 33.7 Å². The van der Waals surface area contributed by atoms with Crippen LogP contribution in [0.4, 0.5) is 5.82 Å². The minimum absolute atomic E-state index is 0.511. The van der Waals surface area contributed by atoms with Gasteiger partial charge < -0.3 is 5.32 Å². The maximum atomic E-state index is 6.18. The van der Waals surface area contributed by atoms with Crippen LogP contribution in [0.2, 0.25) is 10.0 Å². The Kier molecular flexibility index (Phi) is 4.32. The third-order valence-electron chi connectivity index (χ3n) is 2.87. The van der Waals surface area contributed by atoms with Crippen LogP contribution in [0.25, 0.3) is 0 Å². The fourth-order valence-electron chi connectivity index (χ4n) is 1.85. The molecule has 0 aliphatic carbocycles. The molecule has 0 amide bonds. The van der Waals surface area contributed by atoms with Gasteiger partial charge in [-0.25, -0.2) is 4.98 Å². The lowest BCUT2D eigenvalue weighted by Gasteiger charge is -2.09. The molecule has 0 saturated carbocycles. The molecule has 2 aromatic rings. The van der Waals surface area contributed by atoms with Gasteiger partial charge in [-0.1, -0.05) is 23.2 Å². The first-order valence-corrected chi connectivity index (χ1v) is 6.87. The number of rotatable bonds is 4. The summed E-state index contributed by atoms with van der Waals surface area (Å²) in [6.45, 7) is 7.17. The third-order valence-corrected chi connectivity index (χ3v) is 3.76. The molecule has 2 aromatic heterocycles. The van der Waals surface area contributed by atoms with Crippen molar-refractivity contribution in [2.45, 2.75) is 27.3 Å². The SMILES string of the molecule is CCNc1ccc(Cl)c(Cn2nc(C)c(Cl)c2C)n1. The lowest BCUT2D eigenvalue weighted by Crippen LogP contribution is -2.08. The zero-order valence-corrected chi connectivity index (χ0v) is 12.7. The molecule has 0 unspecified atom stereocenters. The number of nitrogens with zero attached hydrogens (tertiary/aromatic N) is 3. The highest BCUT2D eigenvalue weighted by Gasteiger charge is 2.12. The summed E-state index contributed by atoms with van der Waals surface area (Å²) in [4.78, 5) is 4.49. The molecule has 102 valence electrons. The number of pyridine rings is 1. The van der Waals surface area contributed by atoms with Crippen molar-refractivity contribution in [3.05, 3.63) is 39.3 Å². The van der Waals surface area contributed by atoms with Crippen molar-refractivity contribution in [1.82, 2.24) is 14.8 Å². The van der Waals surface area contributed by atoms with E-state index in [1.807, 2.05) is 37.6 Å². The molecule has 0 radical (unpaired) electrons. The van der Waals surface area contributed by atoms with E-state index in [4.69, 9.17) is 23.2 Å². The minimum Gasteiger partial charge on any atom is -0.370 e. The molecule has 4 nitrogen and oxygen atoms in total. The van der Waals surface area contributed by atoms with Gasteiger partial charge in [-0.15, -0.1) is 0 Å². The maximum absolute atomic E-state index is 6.18. The van der Waals surface area contributed by atoms with Crippen molar-refractivity contribution in [3.8, 4) is 0 Å². The topological polar surface area (TPSA) is 42.7 Å². The number of nitrogens with one attached hydrogen (secondary N) is 1. The molecule has 2 heterocycles. The van der Waals surface area contributed by atoms with Crippen molar-refractivity contribution < 1.29 is 0 Å². The van der Waals surface area contributed by atoms with Gasteiger partial charge in [-0.2, -0.15) is 5.10 Å². The highest BCUT2D eigenvalue weighted by Crippen LogP contribution is 2.22. The van der Waals surface area contributed by atoms with E-state index in [2.05, 4.69) is 15.4 Å². The standard InChI is InChI=1S/C13H16Cl2N4/c1-4-16-12-6-5-10(14)11(17-12)7-19-9(3)13(15)8(2)18-19/h5-6H,4,7H2,1-3H3,(H,16,17). The second-order valence-electron chi connectivity index (χ2n) is 4.30. The summed E-state index contributed by atoms with van der Waals surface area (Å²) >= 11 is 12.3. The average molecular weight is 299 g/mol. The lowest BCUT2D eigenvalue weighted by molar-refractivity contribution is 0.647. The van der Waals surface area contributed by atoms with Crippen molar-refractivity contribution in [2.75, 3.05) is 11.9 Å². The molecule has 0 spiro atoms. The summed E-state index contributed by atoms with van der Waals surface area (Å²) in [5, 5.41) is 8.88. The molecular formula is C13H16Cl2N4. The molecule has 1 N–H and O–H groups in total. The molecule has 0 bridgehead atoms. The molecule has 0 saturated heterocycles. The molecule has 0 aliphatic rings. The van der Waals surface area contributed by atoms with Crippen molar-refractivity contribution in [1.29, 1.82) is 0 Å². The van der Waals surface area contributed by atoms with Gasteiger partial charge >= 0.3 is 0 Å². The lowest BCUT2D eigenvalue weighted by atomic mass is 10.3. The molecule has 0 atom stereocenters. The van der Waals surface area contributed by atoms with Crippen LogP contribution < -0.4 is 5.32 Å². The van der Waals surface area contributed by atoms with Crippen LogP contribution >= 0.6 is 23.2 Å². The smallest absolute Gasteiger partial charge is 0.126 e. The Hall–Kier alpha value is -1.26. The van der Waals surface area contributed by atoms with E-state index in [0.29, 0.717) is 16.6 Å². The number of aromatic nitrogens is 3. The molecule has 0 aromatic carbocycles. The monoisotopic (exact) mass is 298 g/mol. The first-order valence-electron chi connectivity index (χ1n) is 6.11. The van der Waals surface area contributed by atoms with Crippen LogP contribution in [0, 0.1) is 13.8 Å². The number of halogens is 2. The number of hydrogen-bond donors (Lipinski definition) is 1. The van der Waals surface area contributed by atoms with Gasteiger partial charge in [-0.05, 0) is 32.9 Å². The summed E-state index contributed by atoms with van der Waals surface area (Å²) in [6, 6.07) is 3.71. The normalized spacial score (nSPS) is 10.8. The maximum Gasteiger partial charge on any atom is 0.126 e. The summed E-state index contributed by atoms with van der Waals surface area (Å²) in [5.41, 5.74) is 2.52. The number of aryl methyl sites for hydroxylation is 1. The van der Waals surface area contributed by atoms with Crippen LogP contribution in [-0.2, 0) is 6.54 Å². The van der Waals surface area contributed by atoms with E-state index in [1.54, 1.807) is 0 Å². The van der Waals surface area contributed by atoms with E-state index in [0.717, 1.165) is 29.4 Å². The Morgan fingerprint density at radius 2 is 2.00 bits per heavy atom. The van der Waals surface area contributed by atoms with Crippen LogP contribution in [0.1, 0.15) is 24.0 Å². The van der Waals surface area contributed by atoms with Crippen molar-refractivity contribution >= 4 is 29.0 Å². The quantitative estimate of drug-likeness (QED) is 0.936. The highest BCUT2D eigenvalue weighted by molar-refractivity contribution is 6.32. The highest BCUT2D eigenvalue weighted by atomic mass is 35.5. The van der Waals surface area contributed by atoms with E-state index >= 15 is 0 Å². The third kappa shape index (κ3) is 3.01. The predicted molar refractivity (Wildman–Crippen MR) is 79.2 cm³/mol. The van der Waals surface area contributed by atoms with Gasteiger partial charge in [0.1, 0.15) is 5.82 Å². The summed E-state index contributed by atoms with van der Waals surface area (Å²) in [5.74, 6) is 0.814. The number of anilines is 1.